The first kappa shape index (κ1) is 26.6. The molecule has 2 aliphatic rings. The molecule has 6 aromatic rings. The van der Waals surface area contributed by atoms with Crippen LogP contribution in [0.5, 0.6) is 5.75 Å². The number of aromatic nitrogens is 2. The molecule has 0 saturated carbocycles. The summed E-state index contributed by atoms with van der Waals surface area (Å²) in [4.78, 5) is 45.9. The highest BCUT2D eigenvalue weighted by Crippen LogP contribution is 2.45. The number of likely N-dealkylation sites (N-methyl/N-ethyl adjacent to an activating group) is 2. The van der Waals surface area contributed by atoms with Crippen molar-refractivity contribution in [3.05, 3.63) is 180 Å². The smallest absolute Gasteiger partial charge is 0.299 e. The zero-order chi connectivity index (χ0) is 46.7. The molecule has 9 heteroatoms. The molecule has 53 heavy (non-hydrogen) atoms. The lowest BCUT2D eigenvalue weighted by Gasteiger charge is -2.28. The molecule has 268 valence electrons. The van der Waals surface area contributed by atoms with Crippen LogP contribution in [0.15, 0.2) is 158 Å². The van der Waals surface area contributed by atoms with Crippen molar-refractivity contribution in [1.29, 1.82) is 0 Å². The monoisotopic (exact) mass is 730 g/mol. The lowest BCUT2D eigenvalue weighted by molar-refractivity contribution is -0.130. The lowest BCUT2D eigenvalue weighted by atomic mass is 9.90. The molecule has 2 aromatic heterocycles. The van der Waals surface area contributed by atoms with E-state index in [1.54, 1.807) is 79.9 Å². The summed E-state index contributed by atoms with van der Waals surface area (Å²) in [6.45, 7) is 9.35. The number of para-hydroxylation sites is 3. The molecule has 2 amide bonds. The number of anilines is 2. The average Bonchev–Trinajstić information content (AvgIpc) is 3.61. The number of ether oxygens (including phenoxy) is 1. The van der Waals surface area contributed by atoms with Gasteiger partial charge in [-0.1, -0.05) is 115 Å². The minimum absolute atomic E-state index is 0.0348. The summed E-state index contributed by atoms with van der Waals surface area (Å²) in [6.07, 6.45) is -1.37. The molecule has 8 nitrogen and oxygen atoms in total. The van der Waals surface area contributed by atoms with Gasteiger partial charge in [0.2, 0.25) is 0 Å². The van der Waals surface area contributed by atoms with Gasteiger partial charge in [-0.05, 0) is 61.4 Å². The summed E-state index contributed by atoms with van der Waals surface area (Å²) in [6, 6.07) is 26.3. The fourth-order valence-electron chi connectivity index (χ4n) is 5.82. The van der Waals surface area contributed by atoms with Crippen molar-refractivity contribution in [2.75, 3.05) is 23.9 Å². The normalized spacial score (nSPS) is 18.1. The molecule has 2 aliphatic heterocycles. The van der Waals surface area contributed by atoms with Crippen molar-refractivity contribution in [1.82, 2.24) is 9.97 Å². The molecule has 0 saturated heterocycles. The third-order valence-corrected chi connectivity index (χ3v) is 10.5. The highest BCUT2D eigenvalue weighted by Gasteiger charge is 2.54. The van der Waals surface area contributed by atoms with Crippen molar-refractivity contribution in [2.24, 2.45) is 0 Å². The molecule has 0 fully saturated rings. The third-order valence-electron chi connectivity index (χ3n) is 8.31. The predicted octanol–water partition coefficient (Wildman–Crippen LogP) is 7.85. The fourth-order valence-corrected chi connectivity index (χ4v) is 7.69. The number of nitrogens with zero attached hydrogens (tertiary/aromatic N) is 4. The zero-order valence-electron chi connectivity index (χ0n) is 40.2. The molecular weight excluding hydrogens is 677 g/mol. The number of fused-ring (bicyclic) bond motifs is 2. The van der Waals surface area contributed by atoms with Crippen LogP contribution in [-0.4, -0.2) is 49.7 Å². The van der Waals surface area contributed by atoms with Crippen LogP contribution in [0.2, 0.25) is 19.6 Å². The first-order valence-electron chi connectivity index (χ1n) is 21.5. The van der Waals surface area contributed by atoms with Gasteiger partial charge in [-0.2, -0.15) is 0 Å². The minimum Gasteiger partial charge on any atom is -0.466 e. The Morgan fingerprint density at radius 3 is 2.00 bits per heavy atom. The number of ketones is 1. The highest BCUT2D eigenvalue weighted by molar-refractivity contribution is 6.89. The Balaban J connectivity index is 0.000000181. The van der Waals surface area contributed by atoms with Gasteiger partial charge in [0.05, 0.1) is 44.4 Å². The summed E-state index contributed by atoms with van der Waals surface area (Å²) >= 11 is 0. The molecule has 0 spiro atoms. The fraction of sp³-hybridized carbons (Fsp3) is 0.159. The van der Waals surface area contributed by atoms with Gasteiger partial charge >= 0.3 is 0 Å². The van der Waals surface area contributed by atoms with E-state index in [4.69, 9.17) is 18.4 Å². The molecule has 4 aromatic carbocycles. The van der Waals surface area contributed by atoms with Crippen LogP contribution in [0.4, 0.5) is 11.4 Å². The molecule has 0 bridgehead atoms. The van der Waals surface area contributed by atoms with E-state index in [0.29, 0.717) is 22.5 Å². The van der Waals surface area contributed by atoms with Gasteiger partial charge in [0, 0.05) is 38.2 Å². The van der Waals surface area contributed by atoms with E-state index in [2.05, 4.69) is 60.8 Å². The van der Waals surface area contributed by atoms with E-state index < -0.39 is 86.0 Å². The first-order valence-corrected chi connectivity index (χ1v) is 20.0. The van der Waals surface area contributed by atoms with E-state index in [1.807, 2.05) is 0 Å². The van der Waals surface area contributed by atoms with Gasteiger partial charge in [-0.3, -0.25) is 24.4 Å². The number of Topliss-reactive ketones (excluding diaryl/α,β-unsaturated/α-hetero) is 1. The maximum absolute atomic E-state index is 13.5. The van der Waals surface area contributed by atoms with Gasteiger partial charge in [0.1, 0.15) is 5.75 Å². The van der Waals surface area contributed by atoms with Gasteiger partial charge < -0.3 is 14.5 Å². The van der Waals surface area contributed by atoms with E-state index in [0.717, 1.165) is 0 Å². The second-order valence-corrected chi connectivity index (χ2v) is 17.9. The largest absolute Gasteiger partial charge is 0.466 e. The molecule has 8 rings (SSSR count). The number of amides is 2. The molecule has 0 aliphatic carbocycles. The quantitative estimate of drug-likeness (QED) is 0.136. The van der Waals surface area contributed by atoms with E-state index in [1.165, 1.54) is 27.5 Å². The Bertz CT molecular complexity index is 2730. The Morgan fingerprint density at radius 1 is 0.679 bits per heavy atom. The van der Waals surface area contributed by atoms with Crippen LogP contribution in [0.1, 0.15) is 40.9 Å². The number of carbonyl (C=O) groups is 3. The zero-order valence-corrected chi connectivity index (χ0v) is 31.2. The van der Waals surface area contributed by atoms with Crippen molar-refractivity contribution >= 4 is 42.2 Å². The van der Waals surface area contributed by atoms with Crippen LogP contribution in [0.25, 0.3) is 0 Å². The average molecular weight is 731 g/mol. The number of hydrogen-bond donors (Lipinski definition) is 0. The maximum Gasteiger partial charge on any atom is 0.299 e. The van der Waals surface area contributed by atoms with Gasteiger partial charge in [-0.15, -0.1) is 0 Å². The van der Waals surface area contributed by atoms with Crippen molar-refractivity contribution in [2.45, 2.75) is 32.2 Å². The van der Waals surface area contributed by atoms with E-state index in [-0.39, 0.29) is 17.5 Å². The standard InChI is InChI=1S/C20H16N2O2.C10H16Si.C9H7NO2.C5H5N/c1-22-17-12-6-5-11-16(17)20(19(22)23,18-13-7-8-14-21-18)24-15-9-3-2-4-10-15;1-9-7-5-6-8-10(9)11(2,3)4;1-10-7-5-3-2-4-6(7)8(11)9(10)12;1-2-4-6-5-3-1/h2-14H,1H3;5-8H,1-4H3;2-5H,1H3;1-5H/i7D,8D,9D,13D,14D;;;1D,2D,3D,4D,5D. The SMILES string of the molecule is CN1C(=O)C(=O)c2ccccc21.Cc1ccccc1[Si](C)(C)C.[2H]c1ccccc1OC1(c2nc([2H])c([2H])c([2H])c2[2H])C(=O)N(C)c2ccccc21.[2H]c1nc([2H])c([2H])c([2H])c1[2H]. The van der Waals surface area contributed by atoms with Crippen LogP contribution >= 0.6 is 0 Å². The van der Waals surface area contributed by atoms with E-state index >= 15 is 0 Å². The minimum atomic E-state index is -1.95. The summed E-state index contributed by atoms with van der Waals surface area (Å²) in [5.74, 6) is -1.32. The second-order valence-electron chi connectivity index (χ2n) is 12.8. The van der Waals surface area contributed by atoms with Crippen molar-refractivity contribution < 1.29 is 32.8 Å². The van der Waals surface area contributed by atoms with Gasteiger partial charge in [0.25, 0.3) is 23.2 Å². The third kappa shape index (κ3) is 8.48. The topological polar surface area (TPSA) is 92.7 Å². The molecule has 0 radical (unpaired) electrons. The van der Waals surface area contributed by atoms with Crippen molar-refractivity contribution in [3.8, 4) is 5.75 Å². The first-order chi connectivity index (χ1) is 29.6. The Morgan fingerprint density at radius 2 is 1.32 bits per heavy atom. The van der Waals surface area contributed by atoms with Crippen LogP contribution < -0.4 is 19.7 Å². The summed E-state index contributed by atoms with van der Waals surface area (Å²) in [5.41, 5.74) is 1.40. The predicted molar refractivity (Wildman–Crippen MR) is 215 cm³/mol. The van der Waals surface area contributed by atoms with Crippen LogP contribution in [-0.2, 0) is 15.2 Å². The molecule has 1 atom stereocenters. The molecule has 4 heterocycles. The number of aryl methyl sites for hydroxylation is 1. The molecular formula is C44H44N4O4Si. The highest BCUT2D eigenvalue weighted by atomic mass is 28.3. The Labute approximate surface area is 326 Å². The number of hydrogen-bond acceptors (Lipinski definition) is 6. The number of carbonyl (C=O) groups excluding carboxylic acids is 3. The summed E-state index contributed by atoms with van der Waals surface area (Å²) in [7, 11) is 2.09. The van der Waals surface area contributed by atoms with E-state index in [9.17, 15) is 14.4 Å². The maximum atomic E-state index is 13.5. The summed E-state index contributed by atoms with van der Waals surface area (Å²) in [5, 5.41) is 1.58. The number of pyridine rings is 2. The molecule has 0 N–H and O–H groups in total. The van der Waals surface area contributed by atoms with Crippen LogP contribution in [0.3, 0.4) is 0 Å². The van der Waals surface area contributed by atoms with Gasteiger partial charge in [0.15, 0.2) is 0 Å². The number of benzene rings is 4. The Hall–Kier alpha value is -6.19. The van der Waals surface area contributed by atoms with Gasteiger partial charge in [-0.25, -0.2) is 0 Å². The Kier molecular flexibility index (Phi) is 8.46. The molecule has 1 unspecified atom stereocenters. The van der Waals surface area contributed by atoms with Crippen molar-refractivity contribution in [3.63, 3.8) is 0 Å². The second kappa shape index (κ2) is 16.9. The number of rotatable bonds is 4. The summed E-state index contributed by atoms with van der Waals surface area (Å²) < 4.78 is 81.5. The lowest BCUT2D eigenvalue weighted by Crippen LogP contribution is -2.45. The van der Waals surface area contributed by atoms with Crippen LogP contribution in [0, 0.1) is 6.92 Å².